The molecule has 0 aromatic heterocycles. The summed E-state index contributed by atoms with van der Waals surface area (Å²) in [4.78, 5) is 2.15. The molecule has 0 N–H and O–H groups in total. The molecule has 0 saturated heterocycles. The molecule has 150 valence electrons. The van der Waals surface area contributed by atoms with E-state index in [1.165, 1.54) is 11.1 Å². The van der Waals surface area contributed by atoms with Crippen molar-refractivity contribution in [2.75, 3.05) is 28.0 Å². The largest absolute Gasteiger partial charge is 0.467 e. The first-order valence-electron chi connectivity index (χ1n) is 9.67. The number of hydrogen-bond donors (Lipinski definition) is 0. The molecule has 1 aromatic rings. The minimum absolute atomic E-state index is 0.264. The highest BCUT2D eigenvalue weighted by atomic mass is 28.4. The van der Waals surface area contributed by atoms with E-state index in [2.05, 4.69) is 72.7 Å². The monoisotopic (exact) mass is 381 g/mol. The van der Waals surface area contributed by atoms with Crippen molar-refractivity contribution in [1.29, 1.82) is 0 Å². The number of ether oxygens (including phenoxy) is 2. The van der Waals surface area contributed by atoms with Crippen molar-refractivity contribution in [2.24, 2.45) is 0 Å². The van der Waals surface area contributed by atoms with Crippen molar-refractivity contribution in [3.63, 3.8) is 0 Å². The molecule has 0 atom stereocenters. The van der Waals surface area contributed by atoms with Gasteiger partial charge < -0.3 is 18.8 Å². The molecule has 0 bridgehead atoms. The lowest BCUT2D eigenvalue weighted by molar-refractivity contribution is 0.0500. The number of methoxy groups -OCH3 is 1. The van der Waals surface area contributed by atoms with Crippen LogP contribution in [0.5, 0.6) is 5.75 Å². The van der Waals surface area contributed by atoms with E-state index in [-0.39, 0.29) is 6.79 Å². The zero-order chi connectivity index (χ0) is 19.9. The van der Waals surface area contributed by atoms with Gasteiger partial charge in [-0.15, -0.1) is 0 Å². The highest BCUT2D eigenvalue weighted by Gasteiger charge is 2.44. The zero-order valence-electron chi connectivity index (χ0n) is 18.3. The van der Waals surface area contributed by atoms with Crippen LogP contribution in [0.15, 0.2) is 18.2 Å². The zero-order valence-corrected chi connectivity index (χ0v) is 19.3. The Balaban J connectivity index is 3.04. The Labute approximate surface area is 162 Å². The quantitative estimate of drug-likeness (QED) is 0.378. The van der Waals surface area contributed by atoms with Gasteiger partial charge in [-0.2, -0.15) is 0 Å². The molecule has 0 aliphatic heterocycles. The van der Waals surface area contributed by atoms with E-state index in [1.54, 1.807) is 7.11 Å². The smallest absolute Gasteiger partial charge is 0.200 e. The molecule has 0 aliphatic carbocycles. The van der Waals surface area contributed by atoms with Crippen LogP contribution in [0.3, 0.4) is 0 Å². The summed E-state index contributed by atoms with van der Waals surface area (Å²) in [6, 6.07) is 6.37. The first-order valence-corrected chi connectivity index (χ1v) is 11.8. The molecule has 26 heavy (non-hydrogen) atoms. The van der Waals surface area contributed by atoms with Crippen LogP contribution in [0.4, 0.5) is 0 Å². The lowest BCUT2D eigenvalue weighted by Gasteiger charge is -2.42. The Morgan fingerprint density at radius 1 is 0.962 bits per heavy atom. The van der Waals surface area contributed by atoms with E-state index in [4.69, 9.17) is 13.9 Å². The molecule has 0 amide bonds. The van der Waals surface area contributed by atoms with Crippen LogP contribution < -0.4 is 4.74 Å². The first kappa shape index (κ1) is 23.2. The second kappa shape index (κ2) is 10.5. The summed E-state index contributed by atoms with van der Waals surface area (Å²) in [5.74, 6) is 0.879. The topological polar surface area (TPSA) is 30.9 Å². The average molecular weight is 382 g/mol. The van der Waals surface area contributed by atoms with E-state index in [9.17, 15) is 0 Å². The Morgan fingerprint density at radius 2 is 1.54 bits per heavy atom. The number of rotatable bonds is 11. The molecule has 0 spiro atoms. The molecule has 0 saturated carbocycles. The molecule has 1 rings (SSSR count). The van der Waals surface area contributed by atoms with Gasteiger partial charge in [0.05, 0.1) is 6.61 Å². The van der Waals surface area contributed by atoms with Gasteiger partial charge in [0, 0.05) is 19.2 Å². The second-order valence-electron chi connectivity index (χ2n) is 8.34. The van der Waals surface area contributed by atoms with Crippen LogP contribution in [0.2, 0.25) is 16.6 Å². The van der Waals surface area contributed by atoms with Gasteiger partial charge >= 0.3 is 0 Å². The van der Waals surface area contributed by atoms with Gasteiger partial charge in [0.1, 0.15) is 5.75 Å². The van der Waals surface area contributed by atoms with Crippen molar-refractivity contribution in [3.05, 3.63) is 29.3 Å². The molecule has 1 aromatic carbocycles. The van der Waals surface area contributed by atoms with E-state index >= 15 is 0 Å². The fraction of sp³-hybridized carbons (Fsp3) is 0.714. The molecule has 5 heteroatoms. The van der Waals surface area contributed by atoms with E-state index in [0.717, 1.165) is 12.3 Å². The van der Waals surface area contributed by atoms with Gasteiger partial charge in [0.25, 0.3) is 0 Å². The van der Waals surface area contributed by atoms with Gasteiger partial charge in [-0.05, 0) is 48.4 Å². The summed E-state index contributed by atoms with van der Waals surface area (Å²) in [6.45, 7) is 15.7. The van der Waals surface area contributed by atoms with E-state index in [0.29, 0.717) is 23.2 Å². The molecule has 4 nitrogen and oxygen atoms in total. The van der Waals surface area contributed by atoms with Crippen LogP contribution in [-0.2, 0) is 22.3 Å². The molecule has 0 fully saturated rings. The minimum atomic E-state index is -1.86. The van der Waals surface area contributed by atoms with Gasteiger partial charge in [0.15, 0.2) is 6.79 Å². The van der Waals surface area contributed by atoms with Crippen molar-refractivity contribution in [1.82, 2.24) is 4.90 Å². The number of hydrogen-bond acceptors (Lipinski definition) is 4. The average Bonchev–Trinajstić information content (AvgIpc) is 2.53. The molecular formula is C21H39NO3Si. The summed E-state index contributed by atoms with van der Waals surface area (Å²) in [5, 5.41) is 0. The molecule has 0 unspecified atom stereocenters. The minimum Gasteiger partial charge on any atom is -0.467 e. The molecular weight excluding hydrogens is 342 g/mol. The predicted octanol–water partition coefficient (Wildman–Crippen LogP) is 5.42. The standard InChI is InChI=1S/C21H39NO3Si/c1-16(2)26(17(3)4,18(5)6)25-14-19-10-11-21(24-15-23-9)20(12-19)13-22(7)8/h10-12,16-18H,13-15H2,1-9H3. The van der Waals surface area contributed by atoms with Gasteiger partial charge in [0.2, 0.25) is 8.32 Å². The fourth-order valence-electron chi connectivity index (χ4n) is 4.16. The summed E-state index contributed by atoms with van der Waals surface area (Å²) in [7, 11) is 3.92. The third-order valence-electron chi connectivity index (χ3n) is 5.14. The maximum absolute atomic E-state index is 6.74. The summed E-state index contributed by atoms with van der Waals surface area (Å²) in [5.41, 5.74) is 4.15. The summed E-state index contributed by atoms with van der Waals surface area (Å²) in [6.07, 6.45) is 0. The molecule has 0 heterocycles. The SMILES string of the molecule is COCOc1ccc(CO[Si](C(C)C)(C(C)C)C(C)C)cc1CN(C)C. The first-order chi connectivity index (χ1) is 12.1. The molecule has 0 radical (unpaired) electrons. The maximum atomic E-state index is 6.74. The lowest BCUT2D eigenvalue weighted by atomic mass is 10.1. The van der Waals surface area contributed by atoms with Crippen LogP contribution in [0.25, 0.3) is 0 Å². The number of nitrogens with zero attached hydrogens (tertiary/aromatic N) is 1. The van der Waals surface area contributed by atoms with Crippen LogP contribution in [-0.4, -0.2) is 41.2 Å². The van der Waals surface area contributed by atoms with Gasteiger partial charge in [-0.25, -0.2) is 0 Å². The normalized spacial score (nSPS) is 12.7. The lowest BCUT2D eigenvalue weighted by Crippen LogP contribution is -2.47. The van der Waals surface area contributed by atoms with Crippen molar-refractivity contribution >= 4 is 8.32 Å². The Morgan fingerprint density at radius 3 is 2.00 bits per heavy atom. The Bertz CT molecular complexity index is 522. The van der Waals surface area contributed by atoms with Crippen LogP contribution >= 0.6 is 0 Å². The highest BCUT2D eigenvalue weighted by Crippen LogP contribution is 2.42. The third kappa shape index (κ3) is 5.81. The van der Waals surface area contributed by atoms with Gasteiger partial charge in [-0.3, -0.25) is 0 Å². The van der Waals surface area contributed by atoms with Crippen molar-refractivity contribution in [3.8, 4) is 5.75 Å². The van der Waals surface area contributed by atoms with Crippen LogP contribution in [0, 0.1) is 0 Å². The van der Waals surface area contributed by atoms with Crippen molar-refractivity contribution < 1.29 is 13.9 Å². The fourth-order valence-corrected chi connectivity index (χ4v) is 9.58. The Hall–Kier alpha value is -0.883. The summed E-state index contributed by atoms with van der Waals surface area (Å²) >= 11 is 0. The Kier molecular flexibility index (Phi) is 9.31. The van der Waals surface area contributed by atoms with Gasteiger partial charge in [-0.1, -0.05) is 47.6 Å². The van der Waals surface area contributed by atoms with Crippen molar-refractivity contribution in [2.45, 2.75) is 71.3 Å². The summed E-state index contributed by atoms with van der Waals surface area (Å²) < 4.78 is 17.5. The predicted molar refractivity (Wildman–Crippen MR) is 112 cm³/mol. The maximum Gasteiger partial charge on any atom is 0.200 e. The third-order valence-corrected chi connectivity index (χ3v) is 11.2. The number of benzene rings is 1. The van der Waals surface area contributed by atoms with E-state index < -0.39 is 8.32 Å². The highest BCUT2D eigenvalue weighted by molar-refractivity contribution is 6.77. The van der Waals surface area contributed by atoms with E-state index in [1.807, 2.05) is 6.07 Å². The molecule has 0 aliphatic rings. The van der Waals surface area contributed by atoms with Crippen LogP contribution in [0.1, 0.15) is 52.7 Å². The second-order valence-corrected chi connectivity index (χ2v) is 13.8.